The van der Waals surface area contributed by atoms with Gasteiger partial charge >= 0.3 is 12.1 Å². The van der Waals surface area contributed by atoms with E-state index in [1.165, 1.54) is 9.80 Å². The van der Waals surface area contributed by atoms with E-state index in [1.54, 1.807) is 0 Å². The standard InChI is InChI=1S/C25H26N2O5/c28-23(26-13-6-12-22(26)24(29)30)21-11-5-14-27(21)25(31)32-15-20-18-9-3-1-7-16(18)17-8-2-4-10-19(17)20/h1-4,7-10,20-22H,5-6,11-15H2,(H,29,30)/t21?,22-/m0/s1. The Balaban J connectivity index is 1.29. The predicted octanol–water partition coefficient (Wildman–Crippen LogP) is 3.48. The molecule has 2 aromatic carbocycles. The van der Waals surface area contributed by atoms with Crippen LogP contribution >= 0.6 is 0 Å². The molecule has 2 aromatic rings. The molecule has 2 fully saturated rings. The fourth-order valence-electron chi connectivity index (χ4n) is 5.40. The van der Waals surface area contributed by atoms with Crippen LogP contribution in [0.2, 0.25) is 0 Å². The van der Waals surface area contributed by atoms with Crippen molar-refractivity contribution in [1.82, 2.24) is 9.80 Å². The van der Waals surface area contributed by atoms with Gasteiger partial charge in [0.15, 0.2) is 0 Å². The Kier molecular flexibility index (Phi) is 5.33. The first kappa shape index (κ1) is 20.5. The average Bonchev–Trinajstić information content (AvgIpc) is 3.55. The van der Waals surface area contributed by atoms with Crippen LogP contribution in [0.3, 0.4) is 0 Å². The van der Waals surface area contributed by atoms with Crippen LogP contribution in [0.1, 0.15) is 42.7 Å². The smallest absolute Gasteiger partial charge is 0.410 e. The van der Waals surface area contributed by atoms with Gasteiger partial charge in [0.2, 0.25) is 5.91 Å². The molecule has 0 bridgehead atoms. The van der Waals surface area contributed by atoms with Crippen molar-refractivity contribution >= 4 is 18.0 Å². The predicted molar refractivity (Wildman–Crippen MR) is 117 cm³/mol. The molecular weight excluding hydrogens is 408 g/mol. The first-order valence-corrected chi connectivity index (χ1v) is 11.2. The first-order chi connectivity index (χ1) is 15.6. The second-order valence-corrected chi connectivity index (χ2v) is 8.68. The number of carbonyl (C=O) groups is 3. The Morgan fingerprint density at radius 3 is 2.03 bits per heavy atom. The summed E-state index contributed by atoms with van der Waals surface area (Å²) in [5.74, 6) is -1.31. The van der Waals surface area contributed by atoms with E-state index < -0.39 is 24.1 Å². The summed E-state index contributed by atoms with van der Waals surface area (Å²) in [5, 5.41) is 9.42. The largest absolute Gasteiger partial charge is 0.480 e. The third-order valence-corrected chi connectivity index (χ3v) is 6.93. The molecule has 1 N–H and O–H groups in total. The van der Waals surface area contributed by atoms with Gasteiger partial charge in [0.25, 0.3) is 0 Å². The number of hydrogen-bond donors (Lipinski definition) is 1. The number of benzene rings is 2. The Morgan fingerprint density at radius 1 is 0.844 bits per heavy atom. The van der Waals surface area contributed by atoms with Gasteiger partial charge in [0.05, 0.1) is 0 Å². The van der Waals surface area contributed by atoms with Crippen LogP contribution in [0.15, 0.2) is 48.5 Å². The van der Waals surface area contributed by atoms with Crippen molar-refractivity contribution in [2.24, 2.45) is 0 Å². The van der Waals surface area contributed by atoms with Gasteiger partial charge in [-0.2, -0.15) is 0 Å². The van der Waals surface area contributed by atoms with Crippen molar-refractivity contribution in [3.05, 3.63) is 59.7 Å². The van der Waals surface area contributed by atoms with E-state index >= 15 is 0 Å². The van der Waals surface area contributed by atoms with Crippen LogP contribution in [0.25, 0.3) is 11.1 Å². The van der Waals surface area contributed by atoms with E-state index in [0.717, 1.165) is 22.3 Å². The second-order valence-electron chi connectivity index (χ2n) is 8.68. The molecule has 1 aliphatic carbocycles. The first-order valence-electron chi connectivity index (χ1n) is 11.2. The van der Waals surface area contributed by atoms with Gasteiger partial charge < -0.3 is 14.7 Å². The molecule has 7 nitrogen and oxygen atoms in total. The molecule has 5 rings (SSSR count). The highest BCUT2D eigenvalue weighted by atomic mass is 16.6. The number of amides is 2. The molecule has 166 valence electrons. The van der Waals surface area contributed by atoms with Gasteiger partial charge in [-0.1, -0.05) is 48.5 Å². The van der Waals surface area contributed by atoms with Crippen molar-refractivity contribution < 1.29 is 24.2 Å². The van der Waals surface area contributed by atoms with E-state index in [4.69, 9.17) is 4.74 Å². The van der Waals surface area contributed by atoms with Crippen LogP contribution in [-0.4, -0.2) is 64.7 Å². The number of likely N-dealkylation sites (tertiary alicyclic amines) is 2. The zero-order valence-corrected chi connectivity index (χ0v) is 17.8. The third-order valence-electron chi connectivity index (χ3n) is 6.93. The summed E-state index contributed by atoms with van der Waals surface area (Å²) < 4.78 is 5.74. The highest BCUT2D eigenvalue weighted by Gasteiger charge is 2.43. The number of aliphatic carboxylic acids is 1. The Bertz CT molecular complexity index is 1020. The normalized spacial score (nSPS) is 22.0. The van der Waals surface area contributed by atoms with Crippen LogP contribution < -0.4 is 0 Å². The molecule has 2 heterocycles. The molecule has 2 amide bonds. The molecule has 0 spiro atoms. The Labute approximate surface area is 186 Å². The lowest BCUT2D eigenvalue weighted by Crippen LogP contribution is -2.51. The molecule has 2 saturated heterocycles. The molecule has 0 radical (unpaired) electrons. The van der Waals surface area contributed by atoms with E-state index in [0.29, 0.717) is 38.8 Å². The number of nitrogens with zero attached hydrogens (tertiary/aromatic N) is 2. The SMILES string of the molecule is O=C(O)[C@@H]1CCCN1C(=O)C1CCCN1C(=O)OCC1c2ccccc2-c2ccccc21. The van der Waals surface area contributed by atoms with Crippen molar-refractivity contribution in [2.75, 3.05) is 19.7 Å². The quantitative estimate of drug-likeness (QED) is 0.796. The molecule has 2 atom stereocenters. The van der Waals surface area contributed by atoms with Gasteiger partial charge in [0.1, 0.15) is 18.7 Å². The Morgan fingerprint density at radius 2 is 1.41 bits per heavy atom. The number of carboxylic acid groups (broad SMARTS) is 1. The molecule has 32 heavy (non-hydrogen) atoms. The van der Waals surface area contributed by atoms with Crippen LogP contribution in [0.4, 0.5) is 4.79 Å². The molecule has 1 unspecified atom stereocenters. The number of rotatable bonds is 4. The van der Waals surface area contributed by atoms with E-state index in [1.807, 2.05) is 24.3 Å². The van der Waals surface area contributed by atoms with Crippen LogP contribution in [-0.2, 0) is 14.3 Å². The van der Waals surface area contributed by atoms with Crippen molar-refractivity contribution in [3.8, 4) is 11.1 Å². The molecule has 2 aliphatic heterocycles. The molecular formula is C25H26N2O5. The van der Waals surface area contributed by atoms with Crippen molar-refractivity contribution in [3.63, 3.8) is 0 Å². The fraction of sp³-hybridized carbons (Fsp3) is 0.400. The number of ether oxygens (including phenoxy) is 1. The minimum atomic E-state index is -0.985. The minimum absolute atomic E-state index is 0.0434. The van der Waals surface area contributed by atoms with E-state index in [-0.39, 0.29) is 18.4 Å². The number of carboxylic acids is 1. The average molecular weight is 434 g/mol. The monoisotopic (exact) mass is 434 g/mol. The molecule has 3 aliphatic rings. The summed E-state index contributed by atoms with van der Waals surface area (Å²) >= 11 is 0. The number of fused-ring (bicyclic) bond motifs is 3. The summed E-state index contributed by atoms with van der Waals surface area (Å²) in [5.41, 5.74) is 4.59. The summed E-state index contributed by atoms with van der Waals surface area (Å²) in [6.07, 6.45) is 1.85. The van der Waals surface area contributed by atoms with Gasteiger partial charge in [0, 0.05) is 19.0 Å². The number of hydrogen-bond acceptors (Lipinski definition) is 4. The van der Waals surface area contributed by atoms with Gasteiger partial charge in [-0.25, -0.2) is 9.59 Å². The van der Waals surface area contributed by atoms with E-state index in [2.05, 4.69) is 24.3 Å². The fourth-order valence-corrected chi connectivity index (χ4v) is 5.40. The number of carbonyl (C=O) groups excluding carboxylic acids is 2. The lowest BCUT2D eigenvalue weighted by Gasteiger charge is -2.29. The lowest BCUT2D eigenvalue weighted by molar-refractivity contribution is -0.149. The zero-order valence-electron chi connectivity index (χ0n) is 17.8. The van der Waals surface area contributed by atoms with E-state index in [9.17, 15) is 19.5 Å². The summed E-state index contributed by atoms with van der Waals surface area (Å²) in [6, 6.07) is 14.8. The maximum absolute atomic E-state index is 13.1. The van der Waals surface area contributed by atoms with Crippen molar-refractivity contribution in [2.45, 2.75) is 43.7 Å². The zero-order chi connectivity index (χ0) is 22.2. The molecule has 0 saturated carbocycles. The highest BCUT2D eigenvalue weighted by Crippen LogP contribution is 2.44. The van der Waals surface area contributed by atoms with Crippen molar-refractivity contribution in [1.29, 1.82) is 0 Å². The molecule has 0 aromatic heterocycles. The highest BCUT2D eigenvalue weighted by molar-refractivity contribution is 5.90. The van der Waals surface area contributed by atoms with Crippen LogP contribution in [0, 0.1) is 0 Å². The van der Waals surface area contributed by atoms with Crippen LogP contribution in [0.5, 0.6) is 0 Å². The van der Waals surface area contributed by atoms with Gasteiger partial charge in [-0.3, -0.25) is 9.69 Å². The summed E-state index contributed by atoms with van der Waals surface area (Å²) in [4.78, 5) is 40.5. The molecule has 7 heteroatoms. The van der Waals surface area contributed by atoms with Gasteiger partial charge in [-0.15, -0.1) is 0 Å². The topological polar surface area (TPSA) is 87.2 Å². The van der Waals surface area contributed by atoms with Gasteiger partial charge in [-0.05, 0) is 47.9 Å². The maximum atomic E-state index is 13.1. The third kappa shape index (κ3) is 3.42. The minimum Gasteiger partial charge on any atom is -0.480 e. The maximum Gasteiger partial charge on any atom is 0.410 e. The summed E-state index contributed by atoms with van der Waals surface area (Å²) in [6.45, 7) is 1.06. The summed E-state index contributed by atoms with van der Waals surface area (Å²) in [7, 11) is 0. The Hall–Kier alpha value is -3.35. The lowest BCUT2D eigenvalue weighted by atomic mass is 9.98. The second kappa shape index (κ2) is 8.30.